The maximum absolute atomic E-state index is 13.8. The summed E-state index contributed by atoms with van der Waals surface area (Å²) in [4.78, 5) is 0. The van der Waals surface area contributed by atoms with Crippen LogP contribution in [0.5, 0.6) is 5.75 Å². The average molecular weight is 346 g/mol. The smallest absolute Gasteiger partial charge is 0.431 e. The molecule has 0 aromatic heterocycles. The number of hydrogen-bond acceptors (Lipinski definition) is 1. The van der Waals surface area contributed by atoms with Gasteiger partial charge in [-0.1, -0.05) is 31.0 Å². The Kier molecular flexibility index (Phi) is 5.93. The molecule has 0 radical (unpaired) electrons. The minimum atomic E-state index is -6.06. The molecule has 23 heavy (non-hydrogen) atoms. The van der Waals surface area contributed by atoms with Crippen LogP contribution in [0.15, 0.2) is 24.3 Å². The van der Waals surface area contributed by atoms with Crippen LogP contribution in [0.3, 0.4) is 0 Å². The zero-order valence-electron chi connectivity index (χ0n) is 12.6. The molecule has 0 saturated carbocycles. The Morgan fingerprint density at radius 3 is 1.78 bits per heavy atom. The van der Waals surface area contributed by atoms with Gasteiger partial charge in [0.25, 0.3) is 0 Å². The number of aryl methyl sites for hydroxylation is 1. The first-order chi connectivity index (χ1) is 10.4. The van der Waals surface area contributed by atoms with Gasteiger partial charge in [-0.05, 0) is 25.5 Å². The molecule has 132 valence electrons. The van der Waals surface area contributed by atoms with Crippen LogP contribution in [0.1, 0.15) is 31.7 Å². The van der Waals surface area contributed by atoms with Crippen LogP contribution in [-0.2, 0) is 0 Å². The molecule has 0 aliphatic rings. The van der Waals surface area contributed by atoms with E-state index in [0.29, 0.717) is 0 Å². The van der Waals surface area contributed by atoms with Crippen molar-refractivity contribution in [1.29, 1.82) is 0 Å². The molecule has 0 aliphatic heterocycles. The van der Waals surface area contributed by atoms with E-state index in [2.05, 4.69) is 0 Å². The van der Waals surface area contributed by atoms with Crippen LogP contribution < -0.4 is 4.74 Å². The molecule has 1 rings (SSSR count). The molecule has 0 heterocycles. The fraction of sp³-hybridized carbons (Fsp3) is 0.600. The number of hydrogen-bond donors (Lipinski definition) is 0. The minimum Gasteiger partial charge on any atom is -0.490 e. The van der Waals surface area contributed by atoms with Crippen molar-refractivity contribution in [2.45, 2.75) is 57.2 Å². The summed E-state index contributed by atoms with van der Waals surface area (Å²) in [7, 11) is 0. The molecule has 0 saturated heterocycles. The standard InChI is InChI=1S/C15H17F7O/c1-3-4-12(23-11-7-5-10(2)6-8-11)9-13(16,14(17,18)19)15(20,21)22/h5-8,12H,3-4,9H2,1-2H3. The van der Waals surface area contributed by atoms with Gasteiger partial charge in [0.1, 0.15) is 11.9 Å². The second-order valence-electron chi connectivity index (χ2n) is 5.34. The monoisotopic (exact) mass is 346 g/mol. The summed E-state index contributed by atoms with van der Waals surface area (Å²) in [6, 6.07) is 6.02. The summed E-state index contributed by atoms with van der Waals surface area (Å²) < 4.78 is 94.8. The Bertz CT molecular complexity index is 476. The van der Waals surface area contributed by atoms with Gasteiger partial charge in [-0.15, -0.1) is 0 Å². The predicted molar refractivity (Wildman–Crippen MR) is 71.1 cm³/mol. The summed E-state index contributed by atoms with van der Waals surface area (Å²) in [6.07, 6.45) is -15.4. The van der Waals surface area contributed by atoms with E-state index in [4.69, 9.17) is 4.74 Å². The van der Waals surface area contributed by atoms with Crippen LogP contribution in [0.25, 0.3) is 0 Å². The lowest BCUT2D eigenvalue weighted by Gasteiger charge is -2.33. The topological polar surface area (TPSA) is 9.23 Å². The molecule has 0 fully saturated rings. The van der Waals surface area contributed by atoms with E-state index in [-0.39, 0.29) is 18.6 Å². The van der Waals surface area contributed by atoms with Crippen molar-refractivity contribution in [2.24, 2.45) is 0 Å². The molecule has 1 aromatic carbocycles. The molecule has 0 spiro atoms. The Morgan fingerprint density at radius 2 is 1.39 bits per heavy atom. The van der Waals surface area contributed by atoms with Crippen molar-refractivity contribution >= 4 is 0 Å². The van der Waals surface area contributed by atoms with E-state index in [1.165, 1.54) is 12.1 Å². The number of halogens is 7. The van der Waals surface area contributed by atoms with Gasteiger partial charge in [0.15, 0.2) is 0 Å². The Hall–Kier alpha value is -1.47. The lowest BCUT2D eigenvalue weighted by molar-refractivity contribution is -0.347. The normalized spacial score (nSPS) is 14.7. The second kappa shape index (κ2) is 6.97. The number of benzene rings is 1. The zero-order chi connectivity index (χ0) is 17.9. The van der Waals surface area contributed by atoms with Crippen molar-refractivity contribution in [2.75, 3.05) is 0 Å². The second-order valence-corrected chi connectivity index (χ2v) is 5.34. The lowest BCUT2D eigenvalue weighted by atomic mass is 9.94. The highest BCUT2D eigenvalue weighted by molar-refractivity contribution is 5.26. The Labute approximate surface area is 129 Å². The molecule has 1 aromatic rings. The molecule has 0 aliphatic carbocycles. The number of alkyl halides is 7. The number of rotatable bonds is 6. The average Bonchev–Trinajstić information content (AvgIpc) is 2.39. The van der Waals surface area contributed by atoms with E-state index in [1.807, 2.05) is 0 Å². The lowest BCUT2D eigenvalue weighted by Crippen LogP contribution is -2.55. The highest BCUT2D eigenvalue weighted by atomic mass is 19.4. The van der Waals surface area contributed by atoms with Crippen LogP contribution in [-0.4, -0.2) is 24.1 Å². The van der Waals surface area contributed by atoms with Gasteiger partial charge < -0.3 is 4.74 Å². The van der Waals surface area contributed by atoms with Crippen LogP contribution in [0.4, 0.5) is 30.7 Å². The number of ether oxygens (including phenoxy) is 1. The van der Waals surface area contributed by atoms with E-state index in [9.17, 15) is 30.7 Å². The van der Waals surface area contributed by atoms with Gasteiger partial charge in [0.05, 0.1) is 0 Å². The highest BCUT2D eigenvalue weighted by Crippen LogP contribution is 2.49. The van der Waals surface area contributed by atoms with Crippen molar-refractivity contribution in [3.8, 4) is 5.75 Å². The van der Waals surface area contributed by atoms with Gasteiger partial charge in [-0.2, -0.15) is 26.3 Å². The quantitative estimate of drug-likeness (QED) is 0.595. The van der Waals surface area contributed by atoms with Gasteiger partial charge in [0.2, 0.25) is 0 Å². The van der Waals surface area contributed by atoms with Crippen LogP contribution >= 0.6 is 0 Å². The maximum atomic E-state index is 13.8. The van der Waals surface area contributed by atoms with Gasteiger partial charge in [-0.3, -0.25) is 0 Å². The first-order valence-electron chi connectivity index (χ1n) is 6.96. The zero-order valence-corrected chi connectivity index (χ0v) is 12.6. The molecule has 1 nitrogen and oxygen atoms in total. The fourth-order valence-electron chi connectivity index (χ4n) is 2.04. The van der Waals surface area contributed by atoms with Crippen molar-refractivity contribution in [3.05, 3.63) is 29.8 Å². The third kappa shape index (κ3) is 4.75. The van der Waals surface area contributed by atoms with Crippen LogP contribution in [0.2, 0.25) is 0 Å². The third-order valence-corrected chi connectivity index (χ3v) is 3.34. The fourth-order valence-corrected chi connectivity index (χ4v) is 2.04. The summed E-state index contributed by atoms with van der Waals surface area (Å²) in [5.41, 5.74) is -4.46. The maximum Gasteiger partial charge on any atom is 0.431 e. The van der Waals surface area contributed by atoms with E-state index >= 15 is 0 Å². The Balaban J connectivity index is 3.02. The van der Waals surface area contributed by atoms with E-state index in [1.54, 1.807) is 26.0 Å². The first-order valence-corrected chi connectivity index (χ1v) is 6.96. The molecule has 0 bridgehead atoms. The van der Waals surface area contributed by atoms with Crippen molar-refractivity contribution in [3.63, 3.8) is 0 Å². The SMILES string of the molecule is CCCC(CC(F)(C(F)(F)F)C(F)(F)F)Oc1ccc(C)cc1. The van der Waals surface area contributed by atoms with Gasteiger partial charge in [0, 0.05) is 6.42 Å². The Morgan fingerprint density at radius 1 is 0.913 bits per heavy atom. The predicted octanol–water partition coefficient (Wildman–Crippen LogP) is 5.77. The van der Waals surface area contributed by atoms with E-state index in [0.717, 1.165) is 5.56 Å². The van der Waals surface area contributed by atoms with Crippen molar-refractivity contribution in [1.82, 2.24) is 0 Å². The first kappa shape index (κ1) is 19.6. The molecule has 1 unspecified atom stereocenters. The largest absolute Gasteiger partial charge is 0.490 e. The van der Waals surface area contributed by atoms with Gasteiger partial charge in [-0.25, -0.2) is 4.39 Å². The summed E-state index contributed by atoms with van der Waals surface area (Å²) >= 11 is 0. The summed E-state index contributed by atoms with van der Waals surface area (Å²) in [5.74, 6) is 0.0979. The minimum absolute atomic E-state index is 0.0979. The molecule has 8 heteroatoms. The summed E-state index contributed by atoms with van der Waals surface area (Å²) in [5, 5.41) is 0. The van der Waals surface area contributed by atoms with Crippen LogP contribution in [0, 0.1) is 6.92 Å². The molecular weight excluding hydrogens is 329 g/mol. The van der Waals surface area contributed by atoms with Crippen molar-refractivity contribution < 1.29 is 35.5 Å². The molecule has 0 amide bonds. The molecule has 1 atom stereocenters. The summed E-state index contributed by atoms with van der Waals surface area (Å²) in [6.45, 7) is 3.32. The van der Waals surface area contributed by atoms with Gasteiger partial charge >= 0.3 is 18.0 Å². The third-order valence-electron chi connectivity index (χ3n) is 3.34. The molecular formula is C15H17F7O. The molecule has 0 N–H and O–H groups in total. The highest BCUT2D eigenvalue weighted by Gasteiger charge is 2.72. The van der Waals surface area contributed by atoms with E-state index < -0.39 is 30.5 Å².